The standard InChI is InChI=1S/C42H38N8O6S/c1-55-33-17-14-30(15-18-33)23-45-42(54)48(21-20-43)49-26-37(51)50-34(40(53)47(25-36(49)50)24-32-8-5-9-35-39(32)46-41(44)57-35)22-29-12-10-28(11-13-29)16-19-38(52)56-27-31-6-3-2-4-7-31/h2-15,17-18,34,36H,21-27H2,1H3,(H2,44,46)(H,45,54)/t34-,36+/m0/s1. The number of methoxy groups -OCH3 is 1. The Hall–Kier alpha value is -6.94. The number of thiazole rings is 1. The molecule has 2 aliphatic rings. The molecule has 1 aromatic heterocycles. The minimum Gasteiger partial charge on any atom is -0.497 e. The summed E-state index contributed by atoms with van der Waals surface area (Å²) >= 11 is 1.35. The average molecular weight is 783 g/mol. The molecule has 288 valence electrons. The fourth-order valence-electron chi connectivity index (χ4n) is 6.93. The van der Waals surface area contributed by atoms with E-state index >= 15 is 0 Å². The quantitative estimate of drug-likeness (QED) is 0.113. The molecule has 2 saturated heterocycles. The smallest absolute Gasteiger partial charge is 0.385 e. The summed E-state index contributed by atoms with van der Waals surface area (Å²) in [5.74, 6) is 4.72. The van der Waals surface area contributed by atoms with E-state index < -0.39 is 24.2 Å². The van der Waals surface area contributed by atoms with Gasteiger partial charge in [0.2, 0.25) is 11.8 Å². The number of nitriles is 1. The van der Waals surface area contributed by atoms with Crippen LogP contribution in [0.3, 0.4) is 0 Å². The number of piperazine rings is 1. The number of esters is 1. The van der Waals surface area contributed by atoms with Crippen molar-refractivity contribution in [1.29, 1.82) is 5.26 Å². The zero-order valence-electron chi connectivity index (χ0n) is 31.0. The number of carbonyl (C=O) groups is 4. The lowest BCUT2D eigenvalue weighted by Crippen LogP contribution is -2.66. The van der Waals surface area contributed by atoms with Crippen molar-refractivity contribution in [1.82, 2.24) is 30.1 Å². The van der Waals surface area contributed by atoms with Gasteiger partial charge in [0.25, 0.3) is 0 Å². The first-order valence-electron chi connectivity index (χ1n) is 18.1. The van der Waals surface area contributed by atoms with Crippen LogP contribution in [0.25, 0.3) is 10.2 Å². The Morgan fingerprint density at radius 3 is 2.47 bits per heavy atom. The highest BCUT2D eigenvalue weighted by Gasteiger charge is 2.52. The first-order valence-corrected chi connectivity index (χ1v) is 18.9. The molecule has 0 bridgehead atoms. The number of hydrazine groups is 1. The Balaban J connectivity index is 1.12. The number of rotatable bonds is 11. The van der Waals surface area contributed by atoms with Crippen LogP contribution in [0.15, 0.2) is 97.1 Å². The zero-order chi connectivity index (χ0) is 39.9. The lowest BCUT2D eigenvalue weighted by atomic mass is 9.99. The van der Waals surface area contributed by atoms with Gasteiger partial charge in [-0.1, -0.05) is 84.0 Å². The number of carbonyl (C=O) groups excluding carboxylic acids is 4. The van der Waals surface area contributed by atoms with Crippen LogP contribution in [0, 0.1) is 23.2 Å². The summed E-state index contributed by atoms with van der Waals surface area (Å²) < 4.78 is 11.4. The van der Waals surface area contributed by atoms with E-state index in [9.17, 15) is 24.4 Å². The number of hydrogen-bond acceptors (Lipinski definition) is 11. The third-order valence-electron chi connectivity index (χ3n) is 9.72. The number of fused-ring (bicyclic) bond motifs is 2. The van der Waals surface area contributed by atoms with E-state index in [2.05, 4.69) is 28.2 Å². The summed E-state index contributed by atoms with van der Waals surface area (Å²) in [7, 11) is 1.57. The number of nitrogens with zero attached hydrogens (tertiary/aromatic N) is 6. The van der Waals surface area contributed by atoms with Crippen LogP contribution < -0.4 is 15.8 Å². The molecule has 0 radical (unpaired) electrons. The summed E-state index contributed by atoms with van der Waals surface area (Å²) in [5.41, 5.74) is 10.5. The highest BCUT2D eigenvalue weighted by molar-refractivity contribution is 7.22. The normalized spacial score (nSPS) is 16.4. The SMILES string of the molecule is COc1ccc(CNC(=O)N(CC#N)N2CC(=O)N3[C@@H](Cc4ccc(C#CC(=O)OCc5ccccc5)cc4)C(=O)N(Cc4cccc5sc(N)nc45)C[C@@H]32)cc1. The number of hydrogen-bond donors (Lipinski definition) is 2. The molecule has 15 heteroatoms. The number of para-hydroxylation sites is 1. The van der Waals surface area contributed by atoms with E-state index in [1.54, 1.807) is 53.4 Å². The Kier molecular flexibility index (Phi) is 11.6. The number of nitrogens with one attached hydrogen (secondary N) is 1. The molecule has 0 spiro atoms. The van der Waals surface area contributed by atoms with Gasteiger partial charge in [-0.15, -0.1) is 0 Å². The summed E-state index contributed by atoms with van der Waals surface area (Å²) in [4.78, 5) is 62.0. The molecule has 4 aromatic carbocycles. The molecule has 4 amide bonds. The molecule has 0 aliphatic carbocycles. The monoisotopic (exact) mass is 782 g/mol. The van der Waals surface area contributed by atoms with Gasteiger partial charge in [-0.3, -0.25) is 9.59 Å². The van der Waals surface area contributed by atoms with Crippen LogP contribution in [-0.2, 0) is 45.2 Å². The van der Waals surface area contributed by atoms with Gasteiger partial charge >= 0.3 is 12.0 Å². The van der Waals surface area contributed by atoms with Crippen LogP contribution >= 0.6 is 11.3 Å². The number of ether oxygens (including phenoxy) is 2. The number of urea groups is 1. The lowest BCUT2D eigenvalue weighted by molar-refractivity contribution is -0.157. The van der Waals surface area contributed by atoms with Crippen molar-refractivity contribution in [3.63, 3.8) is 0 Å². The predicted molar refractivity (Wildman–Crippen MR) is 211 cm³/mol. The van der Waals surface area contributed by atoms with Gasteiger partial charge in [0.1, 0.15) is 31.1 Å². The zero-order valence-corrected chi connectivity index (χ0v) is 31.8. The van der Waals surface area contributed by atoms with E-state index in [1.807, 2.05) is 60.7 Å². The molecule has 0 unspecified atom stereocenters. The first kappa shape index (κ1) is 38.3. The first-order chi connectivity index (χ1) is 27.7. The molecule has 14 nitrogen and oxygen atoms in total. The summed E-state index contributed by atoms with van der Waals surface area (Å²) in [6.07, 6.45) is -0.597. The molecule has 5 aromatic rings. The van der Waals surface area contributed by atoms with Crippen molar-refractivity contribution in [3.05, 3.63) is 125 Å². The highest BCUT2D eigenvalue weighted by atomic mass is 32.1. The molecule has 3 heterocycles. The molecule has 2 aliphatic heterocycles. The number of amides is 4. The molecule has 0 saturated carbocycles. The number of benzene rings is 4. The van der Waals surface area contributed by atoms with E-state index in [0.717, 1.165) is 27.0 Å². The third kappa shape index (κ3) is 8.81. The van der Waals surface area contributed by atoms with Crippen LogP contribution in [0.1, 0.15) is 27.8 Å². The van der Waals surface area contributed by atoms with Crippen LogP contribution in [0.2, 0.25) is 0 Å². The number of nitrogen functional groups attached to an aromatic ring is 1. The van der Waals surface area contributed by atoms with Gasteiger partial charge in [0.15, 0.2) is 5.13 Å². The second-order valence-corrected chi connectivity index (χ2v) is 14.4. The van der Waals surface area contributed by atoms with Crippen molar-refractivity contribution in [2.45, 2.75) is 38.3 Å². The molecular formula is C42H38N8O6S. The maximum Gasteiger partial charge on any atom is 0.385 e. The Bertz CT molecular complexity index is 2390. The molecule has 2 atom stereocenters. The molecule has 57 heavy (non-hydrogen) atoms. The third-order valence-corrected chi connectivity index (χ3v) is 10.6. The Labute approximate surface area is 333 Å². The highest BCUT2D eigenvalue weighted by Crippen LogP contribution is 2.32. The lowest BCUT2D eigenvalue weighted by Gasteiger charge is -2.46. The van der Waals surface area contributed by atoms with E-state index in [4.69, 9.17) is 15.2 Å². The molecule has 2 fully saturated rings. The summed E-state index contributed by atoms with van der Waals surface area (Å²) in [6.45, 7) is -0.0106. The maximum atomic E-state index is 14.5. The summed E-state index contributed by atoms with van der Waals surface area (Å²) in [5, 5.41) is 15.9. The van der Waals surface area contributed by atoms with Crippen LogP contribution in [0.4, 0.5) is 9.93 Å². The van der Waals surface area contributed by atoms with Crippen molar-refractivity contribution in [3.8, 4) is 23.7 Å². The van der Waals surface area contributed by atoms with Gasteiger partial charge in [-0.25, -0.2) is 19.6 Å². The Morgan fingerprint density at radius 1 is 0.982 bits per heavy atom. The van der Waals surface area contributed by atoms with E-state index in [1.165, 1.54) is 21.2 Å². The van der Waals surface area contributed by atoms with Gasteiger partial charge in [-0.2, -0.15) is 10.3 Å². The van der Waals surface area contributed by atoms with Crippen LogP contribution in [-0.4, -0.2) is 87.6 Å². The van der Waals surface area contributed by atoms with Gasteiger partial charge in [-0.05, 0) is 52.6 Å². The maximum absolute atomic E-state index is 14.5. The minimum atomic E-state index is -0.933. The predicted octanol–water partition coefficient (Wildman–Crippen LogP) is 4.06. The van der Waals surface area contributed by atoms with E-state index in [0.29, 0.717) is 22.0 Å². The molecule has 7 rings (SSSR count). The van der Waals surface area contributed by atoms with E-state index in [-0.39, 0.29) is 57.6 Å². The number of nitrogens with two attached hydrogens (primary N) is 1. The van der Waals surface area contributed by atoms with Crippen molar-refractivity contribution >= 4 is 50.5 Å². The van der Waals surface area contributed by atoms with Gasteiger partial charge in [0.05, 0.1) is 36.5 Å². The molecule has 3 N–H and O–H groups in total. The number of aromatic nitrogens is 1. The van der Waals surface area contributed by atoms with Crippen LogP contribution in [0.5, 0.6) is 5.75 Å². The minimum absolute atomic E-state index is 0.0691. The Morgan fingerprint density at radius 2 is 1.74 bits per heavy atom. The second-order valence-electron chi connectivity index (χ2n) is 13.4. The molecular weight excluding hydrogens is 745 g/mol. The van der Waals surface area contributed by atoms with Gasteiger partial charge < -0.3 is 30.3 Å². The summed E-state index contributed by atoms with van der Waals surface area (Å²) in [6, 6.07) is 29.8. The topological polar surface area (TPSA) is 174 Å². The second kappa shape index (κ2) is 17.2. The average Bonchev–Trinajstić information content (AvgIpc) is 3.78. The number of anilines is 1. The fraction of sp³-hybridized carbons (Fsp3) is 0.238. The van der Waals surface area contributed by atoms with Crippen molar-refractivity contribution in [2.75, 3.05) is 32.5 Å². The largest absolute Gasteiger partial charge is 0.497 e. The van der Waals surface area contributed by atoms with Gasteiger partial charge in [0, 0.05) is 31.0 Å². The fourth-order valence-corrected chi connectivity index (χ4v) is 7.72. The van der Waals surface area contributed by atoms with Crippen molar-refractivity contribution in [2.24, 2.45) is 0 Å². The van der Waals surface area contributed by atoms with Crippen molar-refractivity contribution < 1.29 is 28.7 Å².